The van der Waals surface area contributed by atoms with Gasteiger partial charge in [-0.2, -0.15) is 0 Å². The molecular weight excluding hydrogens is 1060 g/mol. The Balaban J connectivity index is 0.788. The van der Waals surface area contributed by atoms with Crippen molar-refractivity contribution in [1.82, 2.24) is 40.7 Å². The van der Waals surface area contributed by atoms with Gasteiger partial charge >= 0.3 is 6.03 Å². The van der Waals surface area contributed by atoms with Crippen molar-refractivity contribution in [1.29, 1.82) is 0 Å². The number of aliphatic hydroxyl groups is 1. The lowest BCUT2D eigenvalue weighted by Gasteiger charge is -2.35. The average Bonchev–Trinajstić information content (AvgIpc) is 4.09. The van der Waals surface area contributed by atoms with Crippen molar-refractivity contribution >= 4 is 92.9 Å². The van der Waals surface area contributed by atoms with E-state index in [1.165, 1.54) is 36.4 Å². The molecule has 0 radical (unpaired) electrons. The topological polar surface area (TPSA) is 245 Å². The number of hydrogen-bond donors (Lipinski definition) is 6. The lowest BCUT2D eigenvalue weighted by atomic mass is 9.85. The second-order valence-corrected chi connectivity index (χ2v) is 21.7. The average molecular weight is 1130 g/mol. The van der Waals surface area contributed by atoms with Gasteiger partial charge in [-0.1, -0.05) is 68.2 Å². The summed E-state index contributed by atoms with van der Waals surface area (Å²) in [5.74, 6) is -0.0609. The van der Waals surface area contributed by atoms with Crippen molar-refractivity contribution in [2.24, 2.45) is 5.41 Å². The smallest absolute Gasteiger partial charge is 0.327 e. The van der Waals surface area contributed by atoms with Crippen molar-refractivity contribution < 1.29 is 43.3 Å². The molecule has 6 N–H and O–H groups in total. The zero-order valence-electron chi connectivity index (χ0n) is 45.0. The molecule has 4 heterocycles. The van der Waals surface area contributed by atoms with Gasteiger partial charge in [0.05, 0.1) is 67.9 Å². The van der Waals surface area contributed by atoms with Gasteiger partial charge in [-0.15, -0.1) is 11.3 Å². The number of thiazole rings is 1. The molecule has 4 atom stereocenters. The van der Waals surface area contributed by atoms with Gasteiger partial charge in [0, 0.05) is 82.7 Å². The number of likely N-dealkylation sites (tertiary alicyclic amines) is 1. The summed E-state index contributed by atoms with van der Waals surface area (Å²) in [6.07, 6.45) is 0.502. The maximum absolute atomic E-state index is 14.1. The van der Waals surface area contributed by atoms with Gasteiger partial charge in [-0.05, 0) is 54.7 Å². The zero-order valence-corrected chi connectivity index (χ0v) is 47.4. The molecule has 0 saturated carbocycles. The maximum Gasteiger partial charge on any atom is 0.327 e. The first-order chi connectivity index (χ1) is 37.2. The molecule has 21 nitrogen and oxygen atoms in total. The van der Waals surface area contributed by atoms with E-state index in [0.717, 1.165) is 46.2 Å². The van der Waals surface area contributed by atoms with Crippen LogP contribution in [0.4, 0.5) is 33.5 Å². The van der Waals surface area contributed by atoms with Crippen molar-refractivity contribution in [2.45, 2.75) is 71.7 Å². The van der Waals surface area contributed by atoms with Crippen LogP contribution in [0.1, 0.15) is 57.8 Å². The molecule has 418 valence electrons. The number of carbonyl (C=O) groups excluding carboxylic acids is 5. The van der Waals surface area contributed by atoms with Crippen LogP contribution >= 0.6 is 34.5 Å². The highest BCUT2D eigenvalue weighted by Gasteiger charge is 2.45. The number of nitrogens with one attached hydrogen (secondary N) is 5. The number of ether oxygens (including phenoxy) is 3. The number of benzene rings is 3. The number of aromatic nitrogens is 3. The third kappa shape index (κ3) is 15.0. The fourth-order valence-electron chi connectivity index (χ4n) is 8.99. The number of nitrogens with zero attached hydrogens (tertiary/aromatic N) is 7. The number of aryl methyl sites for hydroxylation is 1. The van der Waals surface area contributed by atoms with E-state index in [1.54, 1.807) is 24.5 Å². The molecule has 0 spiro atoms. The first-order valence-corrected chi connectivity index (χ1v) is 27.1. The Morgan fingerprint density at radius 2 is 1.56 bits per heavy atom. The highest BCUT2D eigenvalue weighted by atomic mass is 35.5. The van der Waals surface area contributed by atoms with Crippen LogP contribution < -0.4 is 45.9 Å². The number of aliphatic hydroxyl groups excluding tert-OH is 1. The highest BCUT2D eigenvalue weighted by molar-refractivity contribution is 7.13. The van der Waals surface area contributed by atoms with E-state index in [4.69, 9.17) is 37.4 Å². The number of amides is 6. The monoisotopic (exact) mass is 1130 g/mol. The summed E-state index contributed by atoms with van der Waals surface area (Å²) in [7, 11) is 4.42. The van der Waals surface area contributed by atoms with Crippen molar-refractivity contribution in [3.8, 4) is 21.9 Å². The number of halogens is 2. The van der Waals surface area contributed by atoms with Crippen LogP contribution in [-0.4, -0.2) is 158 Å². The maximum atomic E-state index is 14.1. The van der Waals surface area contributed by atoms with E-state index in [1.807, 2.05) is 88.7 Å². The summed E-state index contributed by atoms with van der Waals surface area (Å²) in [6.45, 7) is 12.8. The van der Waals surface area contributed by atoms with Crippen LogP contribution in [0.2, 0.25) is 10.0 Å². The predicted octanol–water partition coefficient (Wildman–Crippen LogP) is 6.66. The molecule has 3 aromatic carbocycles. The third-order valence-electron chi connectivity index (χ3n) is 13.5. The number of piperazine rings is 1. The minimum Gasteiger partial charge on any atom is -0.495 e. The van der Waals surface area contributed by atoms with E-state index < -0.39 is 41.4 Å². The van der Waals surface area contributed by atoms with Gasteiger partial charge in [-0.25, -0.2) is 19.7 Å². The van der Waals surface area contributed by atoms with Crippen molar-refractivity contribution in [3.05, 3.63) is 93.8 Å². The van der Waals surface area contributed by atoms with Crippen LogP contribution in [0, 0.1) is 12.3 Å². The number of methoxy groups -OCH3 is 2. The molecule has 7 rings (SSSR count). The van der Waals surface area contributed by atoms with Crippen molar-refractivity contribution in [3.63, 3.8) is 0 Å². The number of β-amino-alcohol motifs (C(OH)–C–C–N with tert-alkyl or cyclic N) is 1. The molecule has 2 saturated heterocycles. The van der Waals surface area contributed by atoms with E-state index in [9.17, 15) is 29.1 Å². The molecule has 2 fully saturated rings. The second kappa shape index (κ2) is 26.7. The quantitative estimate of drug-likeness (QED) is 0.0421. The van der Waals surface area contributed by atoms with Crippen LogP contribution in [-0.2, 0) is 23.9 Å². The molecule has 6 amide bonds. The van der Waals surface area contributed by atoms with E-state index in [-0.39, 0.29) is 90.8 Å². The first kappa shape index (κ1) is 58.9. The molecular formula is C54H68Cl2N12O9S. The minimum absolute atomic E-state index is 0.0258. The van der Waals surface area contributed by atoms with Crippen LogP contribution in [0.15, 0.2) is 72.5 Å². The van der Waals surface area contributed by atoms with Crippen LogP contribution in [0.25, 0.3) is 10.4 Å². The van der Waals surface area contributed by atoms with Gasteiger partial charge in [0.1, 0.15) is 51.6 Å². The molecule has 0 unspecified atom stereocenters. The Kier molecular flexibility index (Phi) is 20.1. The Hall–Kier alpha value is -6.82. The number of urea groups is 1. The summed E-state index contributed by atoms with van der Waals surface area (Å²) in [4.78, 5) is 88.1. The summed E-state index contributed by atoms with van der Waals surface area (Å²) in [6, 6.07) is 16.1. The van der Waals surface area contributed by atoms with E-state index in [0.29, 0.717) is 24.7 Å². The largest absolute Gasteiger partial charge is 0.495 e. The van der Waals surface area contributed by atoms with Gasteiger partial charge in [0.15, 0.2) is 0 Å². The van der Waals surface area contributed by atoms with Gasteiger partial charge in [-0.3, -0.25) is 29.0 Å². The van der Waals surface area contributed by atoms with Crippen LogP contribution in [0.5, 0.6) is 11.5 Å². The Bertz CT molecular complexity index is 2870. The van der Waals surface area contributed by atoms with Crippen LogP contribution in [0.3, 0.4) is 0 Å². The summed E-state index contributed by atoms with van der Waals surface area (Å²) < 4.78 is 16.3. The molecule has 0 bridgehead atoms. The Labute approximate surface area is 468 Å². The molecule has 2 aliphatic rings. The molecule has 2 aromatic heterocycles. The molecule has 0 aliphatic carbocycles. The second-order valence-electron chi connectivity index (χ2n) is 20.1. The fraction of sp³-hybridized carbons (Fsp3) is 0.444. The Morgan fingerprint density at radius 1 is 0.885 bits per heavy atom. The number of hydrogen-bond acceptors (Lipinski definition) is 16. The first-order valence-electron chi connectivity index (χ1n) is 25.5. The molecule has 24 heteroatoms. The van der Waals surface area contributed by atoms with Crippen molar-refractivity contribution in [2.75, 3.05) is 101 Å². The Morgan fingerprint density at radius 3 is 2.19 bits per heavy atom. The molecule has 78 heavy (non-hydrogen) atoms. The lowest BCUT2D eigenvalue weighted by Crippen LogP contribution is -2.58. The van der Waals surface area contributed by atoms with Gasteiger partial charge in [0.2, 0.25) is 23.6 Å². The highest BCUT2D eigenvalue weighted by Crippen LogP contribution is 2.44. The van der Waals surface area contributed by atoms with E-state index >= 15 is 0 Å². The molecule has 5 aromatic rings. The van der Waals surface area contributed by atoms with E-state index in [2.05, 4.69) is 51.3 Å². The zero-order chi connectivity index (χ0) is 56.3. The van der Waals surface area contributed by atoms with Gasteiger partial charge < -0.3 is 55.7 Å². The third-order valence-corrected chi connectivity index (χ3v) is 15.2. The number of carbonyl (C=O) groups is 5. The summed E-state index contributed by atoms with van der Waals surface area (Å²) >= 11 is 14.5. The standard InChI is InChI=1S/C54H68Cl2N12O9S/c1-32(34-9-11-35(12-10-34)49-33(2)60-31-78-49)61-51(72)39-25-38(69)28-68(39)52(73)50(54(3,4)5)63-44(70)17-23-77-24-18-57-45(71)29-66-19-21-67(22-20-66)37-15-13-36(14-16-37)62-42-27-43(59-30-58-42)65(6)53(74)64-48-46(55)40(75-7)26-41(76-8)47(48)56/h9-16,26-27,30-32,38-39,50,69H,17-25,28-29H2,1-8H3,(H,57,71)(H,61,72)(H,63,70)(H,64,74)(H,58,59,62)/t32-,38-,39+,50-/m1/s1. The number of anilines is 5. The molecule has 2 aliphatic heterocycles. The summed E-state index contributed by atoms with van der Waals surface area (Å²) in [5, 5.41) is 25.6. The van der Waals surface area contributed by atoms with Gasteiger partial charge in [0.25, 0.3) is 0 Å². The fourth-order valence-corrected chi connectivity index (χ4v) is 10.4. The normalized spacial score (nSPS) is 16.4. The lowest BCUT2D eigenvalue weighted by molar-refractivity contribution is -0.144. The minimum atomic E-state index is -0.972. The predicted molar refractivity (Wildman–Crippen MR) is 302 cm³/mol. The SMILES string of the molecule is COc1cc(OC)c(Cl)c(NC(=O)N(C)c2cc(Nc3ccc(N4CCN(CC(=O)NCCOCCC(=O)N[C@H](C(=O)N5C[C@H](O)C[C@H]5C(=O)N[C@H](C)c5ccc(-c6scnc6C)cc5)C(C)(C)C)CC4)cc3)ncn2)c1Cl. The summed E-state index contributed by atoms with van der Waals surface area (Å²) in [5.41, 5.74) is 5.89. The number of rotatable bonds is 21.